The molecule has 0 unspecified atom stereocenters. The first-order valence-corrected chi connectivity index (χ1v) is 17.8. The van der Waals surface area contributed by atoms with E-state index in [0.29, 0.717) is 0 Å². The van der Waals surface area contributed by atoms with E-state index in [1.54, 1.807) is 0 Å². The van der Waals surface area contributed by atoms with E-state index in [1.807, 2.05) is 6.07 Å². The van der Waals surface area contributed by atoms with Crippen molar-refractivity contribution in [2.24, 2.45) is 0 Å². The lowest BCUT2D eigenvalue weighted by Crippen LogP contribution is -2.10. The Labute approximate surface area is 302 Å². The van der Waals surface area contributed by atoms with Crippen LogP contribution in [-0.4, -0.2) is 0 Å². The average Bonchev–Trinajstić information content (AvgIpc) is 3.62. The number of fused-ring (bicyclic) bond motifs is 6. The van der Waals surface area contributed by atoms with E-state index in [9.17, 15) is 0 Å². The Bertz CT molecular complexity index is 2870. The maximum absolute atomic E-state index is 6.79. The number of benzene rings is 9. The zero-order chi connectivity index (χ0) is 34.4. The van der Waals surface area contributed by atoms with Crippen molar-refractivity contribution in [2.75, 3.05) is 4.90 Å². The summed E-state index contributed by atoms with van der Waals surface area (Å²) in [5, 5.41) is 7.10. The molecule has 0 spiro atoms. The molecule has 0 saturated heterocycles. The maximum atomic E-state index is 6.79. The van der Waals surface area contributed by atoms with Gasteiger partial charge in [-0.25, -0.2) is 0 Å². The Hall–Kier alpha value is -6.90. The first kappa shape index (κ1) is 30.0. The molecule has 10 aromatic rings. The van der Waals surface area contributed by atoms with Crippen molar-refractivity contribution >= 4 is 60.5 Å². The normalized spacial score (nSPS) is 11.5. The van der Waals surface area contributed by atoms with Crippen molar-refractivity contribution in [1.82, 2.24) is 0 Å². The van der Waals surface area contributed by atoms with Crippen LogP contribution in [0, 0.1) is 0 Å². The molecular formula is C50H33NO. The molecule has 2 nitrogen and oxygen atoms in total. The van der Waals surface area contributed by atoms with Gasteiger partial charge in [0.1, 0.15) is 11.2 Å². The molecule has 10 rings (SSSR count). The molecule has 244 valence electrons. The van der Waals surface area contributed by atoms with Gasteiger partial charge in [0.2, 0.25) is 0 Å². The Morgan fingerprint density at radius 3 is 1.58 bits per heavy atom. The largest absolute Gasteiger partial charge is 0.455 e. The van der Waals surface area contributed by atoms with E-state index in [2.05, 4.69) is 199 Å². The SMILES string of the molecule is c1ccc(-c2ccc(-c3ccc(N(c4ccc(-c5ccccc5)cc4)c4ccc5ccc6ccccc6c5c4)c4c3oc3ccccc34)cc2)cc1. The van der Waals surface area contributed by atoms with Crippen LogP contribution in [0.15, 0.2) is 205 Å². The van der Waals surface area contributed by atoms with Crippen LogP contribution in [0.25, 0.3) is 76.9 Å². The topological polar surface area (TPSA) is 16.4 Å². The summed E-state index contributed by atoms with van der Waals surface area (Å²) >= 11 is 0. The third kappa shape index (κ3) is 5.12. The third-order valence-electron chi connectivity index (χ3n) is 10.3. The highest BCUT2D eigenvalue weighted by molar-refractivity contribution is 6.17. The molecule has 0 bridgehead atoms. The van der Waals surface area contributed by atoms with Gasteiger partial charge >= 0.3 is 0 Å². The van der Waals surface area contributed by atoms with Crippen molar-refractivity contribution in [1.29, 1.82) is 0 Å². The molecule has 2 heteroatoms. The van der Waals surface area contributed by atoms with Gasteiger partial charge in [-0.3, -0.25) is 0 Å². The molecule has 0 N–H and O–H groups in total. The summed E-state index contributed by atoms with van der Waals surface area (Å²) in [4.78, 5) is 2.39. The molecule has 0 saturated carbocycles. The van der Waals surface area contributed by atoms with Crippen LogP contribution in [0.1, 0.15) is 0 Å². The average molecular weight is 664 g/mol. The lowest BCUT2D eigenvalue weighted by molar-refractivity contribution is 0.670. The number of hydrogen-bond donors (Lipinski definition) is 0. The molecule has 9 aromatic carbocycles. The Kier molecular flexibility index (Phi) is 7.18. The van der Waals surface area contributed by atoms with Gasteiger partial charge in [0, 0.05) is 22.3 Å². The summed E-state index contributed by atoms with van der Waals surface area (Å²) in [5.74, 6) is 0. The van der Waals surface area contributed by atoms with Crippen molar-refractivity contribution in [3.05, 3.63) is 200 Å². The zero-order valence-corrected chi connectivity index (χ0v) is 28.4. The molecule has 0 amide bonds. The lowest BCUT2D eigenvalue weighted by Gasteiger charge is -2.27. The fourth-order valence-electron chi connectivity index (χ4n) is 7.69. The standard InChI is InChI=1S/C50H33NO/c1-3-11-34(12-4-1)36-19-21-39(22-20-36)44-31-32-47(49-45-17-9-10-18-48(45)52-50(44)49)51(41-28-25-37(26-29-41)35-13-5-2-6-14-35)42-30-27-40-24-23-38-15-7-8-16-43(38)46(40)33-42/h1-33H. The van der Waals surface area contributed by atoms with Crippen molar-refractivity contribution in [3.63, 3.8) is 0 Å². The second kappa shape index (κ2) is 12.5. The monoisotopic (exact) mass is 663 g/mol. The van der Waals surface area contributed by atoms with Gasteiger partial charge in [-0.1, -0.05) is 158 Å². The van der Waals surface area contributed by atoms with Gasteiger partial charge in [-0.2, -0.15) is 0 Å². The first-order valence-electron chi connectivity index (χ1n) is 17.8. The molecule has 0 aliphatic carbocycles. The van der Waals surface area contributed by atoms with Crippen molar-refractivity contribution in [3.8, 4) is 33.4 Å². The third-order valence-corrected chi connectivity index (χ3v) is 10.3. The van der Waals surface area contributed by atoms with E-state index in [1.165, 1.54) is 43.8 Å². The quantitative estimate of drug-likeness (QED) is 0.165. The molecule has 0 radical (unpaired) electrons. The van der Waals surface area contributed by atoms with Crippen LogP contribution < -0.4 is 4.90 Å². The van der Waals surface area contributed by atoms with Crippen LogP contribution in [0.3, 0.4) is 0 Å². The van der Waals surface area contributed by atoms with Crippen LogP contribution in [-0.2, 0) is 0 Å². The van der Waals surface area contributed by atoms with Gasteiger partial charge in [0.25, 0.3) is 0 Å². The number of hydrogen-bond acceptors (Lipinski definition) is 2. The molecule has 52 heavy (non-hydrogen) atoms. The number of nitrogens with zero attached hydrogens (tertiary/aromatic N) is 1. The highest BCUT2D eigenvalue weighted by Crippen LogP contribution is 2.47. The fourth-order valence-corrected chi connectivity index (χ4v) is 7.69. The van der Waals surface area contributed by atoms with Crippen LogP contribution >= 0.6 is 0 Å². The van der Waals surface area contributed by atoms with Crippen LogP contribution in [0.4, 0.5) is 17.1 Å². The molecule has 0 aliphatic heterocycles. The minimum atomic E-state index is 0.871. The van der Waals surface area contributed by atoms with Gasteiger partial charge in [0.15, 0.2) is 0 Å². The highest BCUT2D eigenvalue weighted by Gasteiger charge is 2.22. The second-order valence-corrected chi connectivity index (χ2v) is 13.3. The fraction of sp³-hybridized carbons (Fsp3) is 0. The van der Waals surface area contributed by atoms with Gasteiger partial charge in [-0.05, 0) is 91.8 Å². The zero-order valence-electron chi connectivity index (χ0n) is 28.4. The van der Waals surface area contributed by atoms with Crippen LogP contribution in [0.2, 0.25) is 0 Å². The number of anilines is 3. The van der Waals surface area contributed by atoms with E-state index >= 15 is 0 Å². The maximum Gasteiger partial charge on any atom is 0.145 e. The van der Waals surface area contributed by atoms with Gasteiger partial charge < -0.3 is 9.32 Å². The molecule has 0 aliphatic rings. The summed E-state index contributed by atoms with van der Waals surface area (Å²) < 4.78 is 6.79. The van der Waals surface area contributed by atoms with Crippen LogP contribution in [0.5, 0.6) is 0 Å². The molecular weight excluding hydrogens is 631 g/mol. The smallest absolute Gasteiger partial charge is 0.145 e. The highest BCUT2D eigenvalue weighted by atomic mass is 16.3. The van der Waals surface area contributed by atoms with E-state index in [0.717, 1.165) is 50.1 Å². The minimum Gasteiger partial charge on any atom is -0.455 e. The Balaban J connectivity index is 1.20. The lowest BCUT2D eigenvalue weighted by atomic mass is 9.97. The second-order valence-electron chi connectivity index (χ2n) is 13.3. The number of furan rings is 1. The summed E-state index contributed by atoms with van der Waals surface area (Å²) in [6.07, 6.45) is 0. The van der Waals surface area contributed by atoms with Gasteiger partial charge in [-0.15, -0.1) is 0 Å². The Morgan fingerprint density at radius 1 is 0.346 bits per heavy atom. The molecule has 0 atom stereocenters. The molecule has 1 aromatic heterocycles. The minimum absolute atomic E-state index is 0.871. The summed E-state index contributed by atoms with van der Waals surface area (Å²) in [6, 6.07) is 71.6. The predicted octanol–water partition coefficient (Wildman–Crippen LogP) is 14.4. The predicted molar refractivity (Wildman–Crippen MR) is 220 cm³/mol. The van der Waals surface area contributed by atoms with Gasteiger partial charge in [0.05, 0.1) is 11.1 Å². The van der Waals surface area contributed by atoms with E-state index < -0.39 is 0 Å². The summed E-state index contributed by atoms with van der Waals surface area (Å²) in [7, 11) is 0. The summed E-state index contributed by atoms with van der Waals surface area (Å²) in [5.41, 5.74) is 11.9. The van der Waals surface area contributed by atoms with E-state index in [4.69, 9.17) is 4.42 Å². The molecule has 0 fully saturated rings. The summed E-state index contributed by atoms with van der Waals surface area (Å²) in [6.45, 7) is 0. The Morgan fingerprint density at radius 2 is 0.865 bits per heavy atom. The number of para-hydroxylation sites is 1. The number of rotatable bonds is 6. The molecule has 1 heterocycles. The van der Waals surface area contributed by atoms with E-state index in [-0.39, 0.29) is 0 Å². The van der Waals surface area contributed by atoms with Crippen molar-refractivity contribution < 1.29 is 4.42 Å². The first-order chi connectivity index (χ1) is 25.8. The van der Waals surface area contributed by atoms with Crippen molar-refractivity contribution in [2.45, 2.75) is 0 Å².